The van der Waals surface area contributed by atoms with Crippen LogP contribution in [0.15, 0.2) is 54.1 Å². The lowest BCUT2D eigenvalue weighted by Crippen LogP contribution is -2.69. The van der Waals surface area contributed by atoms with Crippen molar-refractivity contribution >= 4 is 23.3 Å². The standard InChI is InChI=1S/C33H37F2NO6.C2H2/c1-19(37)42-17-29(41)32-18-36(16-27(39)20-7-5-4-6-8-20)15-21(32)11-23-24-13-26(34)25-12-22(38)9-10-30(25,2)33(24,35)28(40)14-31(23,32)3;1-2/h4-10,12,21,23-24,26,28,40H,11,13-18H2,1-3H3;1-2H/t21-,23?,24-,26-,28-,30-,31-,32+,33-;/m0./s1. The van der Waals surface area contributed by atoms with Crippen molar-refractivity contribution in [2.45, 2.75) is 58.0 Å². The lowest BCUT2D eigenvalue weighted by molar-refractivity contribution is -0.212. The molecule has 0 bridgehead atoms. The van der Waals surface area contributed by atoms with Crippen molar-refractivity contribution in [1.82, 2.24) is 4.90 Å². The SMILES string of the molecule is C#C.CC(=O)OCC(=O)[C@@]12CN(CC(=O)c3ccccc3)C[C@@H]1CC1[C@@H]3C[C@H](F)C4=CC(=O)C=C[C@]4(C)[C@@]3(F)[C@@H](O)C[C@@]12C. The van der Waals surface area contributed by atoms with Crippen LogP contribution in [0, 0.1) is 46.8 Å². The maximum absolute atomic E-state index is 17.6. The van der Waals surface area contributed by atoms with Gasteiger partial charge in [0, 0.05) is 36.9 Å². The van der Waals surface area contributed by atoms with E-state index in [-0.39, 0.29) is 49.0 Å². The number of rotatable bonds is 6. The second-order valence-electron chi connectivity index (χ2n) is 13.4. The molecule has 4 fully saturated rings. The van der Waals surface area contributed by atoms with Gasteiger partial charge in [-0.25, -0.2) is 8.78 Å². The number of benzene rings is 1. The minimum atomic E-state index is -2.25. The van der Waals surface area contributed by atoms with Gasteiger partial charge in [0.15, 0.2) is 29.6 Å². The van der Waals surface area contributed by atoms with Crippen LogP contribution in [0.5, 0.6) is 0 Å². The number of aliphatic hydroxyl groups is 1. The smallest absolute Gasteiger partial charge is 0.303 e. The number of hydrogen-bond acceptors (Lipinski definition) is 7. The molecule has 44 heavy (non-hydrogen) atoms. The highest BCUT2D eigenvalue weighted by atomic mass is 19.1. The third-order valence-electron chi connectivity index (χ3n) is 11.6. The molecule has 3 saturated carbocycles. The number of halogens is 2. The number of carbonyl (C=O) groups is 4. The first-order valence-corrected chi connectivity index (χ1v) is 15.0. The van der Waals surface area contributed by atoms with E-state index in [0.717, 1.165) is 6.08 Å². The molecule has 1 aliphatic heterocycles. The minimum absolute atomic E-state index is 0.0563. The normalized spacial score (nSPS) is 40.3. The number of ketones is 3. The van der Waals surface area contributed by atoms with Gasteiger partial charge in [-0.15, -0.1) is 12.8 Å². The Morgan fingerprint density at radius 2 is 1.80 bits per heavy atom. The number of esters is 1. The molecule has 0 aromatic heterocycles. The first-order valence-electron chi connectivity index (χ1n) is 15.0. The minimum Gasteiger partial charge on any atom is -0.458 e. The van der Waals surface area contributed by atoms with Crippen molar-refractivity contribution < 1.29 is 37.8 Å². The zero-order valence-corrected chi connectivity index (χ0v) is 25.3. The number of fused-ring (bicyclic) bond motifs is 7. The average Bonchev–Trinajstić information content (AvgIpc) is 3.47. The Bertz CT molecular complexity index is 1460. The summed E-state index contributed by atoms with van der Waals surface area (Å²) in [4.78, 5) is 53.0. The number of hydrogen-bond donors (Lipinski definition) is 1. The van der Waals surface area contributed by atoms with E-state index in [2.05, 4.69) is 12.8 Å². The van der Waals surface area contributed by atoms with Crippen LogP contribution >= 0.6 is 0 Å². The largest absolute Gasteiger partial charge is 0.458 e. The molecule has 0 radical (unpaired) electrons. The van der Waals surface area contributed by atoms with Crippen LogP contribution in [0.25, 0.3) is 0 Å². The molecule has 9 atom stereocenters. The van der Waals surface area contributed by atoms with Gasteiger partial charge in [0.1, 0.15) is 6.17 Å². The second-order valence-corrected chi connectivity index (χ2v) is 13.4. The highest BCUT2D eigenvalue weighted by molar-refractivity contribution is 6.01. The van der Waals surface area contributed by atoms with E-state index in [1.54, 1.807) is 31.2 Å². The third kappa shape index (κ3) is 4.36. The van der Waals surface area contributed by atoms with E-state index in [0.29, 0.717) is 18.5 Å². The second kappa shape index (κ2) is 11.1. The number of terminal acetylenes is 1. The Morgan fingerprint density at radius 3 is 2.45 bits per heavy atom. The van der Waals surface area contributed by atoms with E-state index in [9.17, 15) is 24.3 Å². The van der Waals surface area contributed by atoms with Crippen molar-refractivity contribution in [3.05, 3.63) is 59.7 Å². The number of likely N-dealkylation sites (tertiary alicyclic amines) is 1. The first kappa shape index (κ1) is 31.9. The van der Waals surface area contributed by atoms with Crippen LogP contribution in [0.2, 0.25) is 0 Å². The topological polar surface area (TPSA) is 101 Å². The van der Waals surface area contributed by atoms with Gasteiger partial charge >= 0.3 is 5.97 Å². The third-order valence-corrected chi connectivity index (χ3v) is 11.6. The summed E-state index contributed by atoms with van der Waals surface area (Å²) >= 11 is 0. The molecular formula is C35H39F2NO6. The van der Waals surface area contributed by atoms with Gasteiger partial charge in [-0.2, -0.15) is 0 Å². The van der Waals surface area contributed by atoms with E-state index < -0.39 is 64.4 Å². The fraction of sp³-hybridized carbons (Fsp3) is 0.543. The predicted molar refractivity (Wildman–Crippen MR) is 159 cm³/mol. The molecule has 1 saturated heterocycles. The summed E-state index contributed by atoms with van der Waals surface area (Å²) in [5.74, 6) is -3.09. The zero-order chi connectivity index (χ0) is 32.2. The molecule has 1 aromatic rings. The van der Waals surface area contributed by atoms with Crippen LogP contribution < -0.4 is 0 Å². The number of aliphatic hydroxyl groups excluding tert-OH is 1. The lowest BCUT2D eigenvalue weighted by Gasteiger charge is -2.63. The van der Waals surface area contributed by atoms with Gasteiger partial charge in [-0.1, -0.05) is 43.3 Å². The summed E-state index contributed by atoms with van der Waals surface area (Å²) in [6, 6.07) is 8.88. The Balaban J connectivity index is 0.00000188. The number of Topliss-reactive ketones (excluding diaryl/α,β-unsaturated/α-hetero) is 2. The summed E-state index contributed by atoms with van der Waals surface area (Å²) in [5.41, 5.74) is -5.23. The molecule has 9 heteroatoms. The van der Waals surface area contributed by atoms with Crippen LogP contribution in [-0.2, 0) is 19.1 Å². The number of nitrogens with zero attached hydrogens (tertiary/aromatic N) is 1. The van der Waals surface area contributed by atoms with Crippen molar-refractivity contribution in [2.75, 3.05) is 26.2 Å². The number of alkyl halides is 2. The Morgan fingerprint density at radius 1 is 1.11 bits per heavy atom. The maximum Gasteiger partial charge on any atom is 0.303 e. The summed E-state index contributed by atoms with van der Waals surface area (Å²) in [6.45, 7) is 4.88. The molecular weight excluding hydrogens is 568 g/mol. The highest BCUT2D eigenvalue weighted by Crippen LogP contribution is 2.74. The molecule has 234 valence electrons. The van der Waals surface area contributed by atoms with Crippen molar-refractivity contribution in [3.63, 3.8) is 0 Å². The van der Waals surface area contributed by atoms with Gasteiger partial charge in [0.05, 0.1) is 18.1 Å². The molecule has 0 spiro atoms. The van der Waals surface area contributed by atoms with Gasteiger partial charge in [-0.05, 0) is 61.2 Å². The Labute approximate surface area is 256 Å². The summed E-state index contributed by atoms with van der Waals surface area (Å²) in [5, 5.41) is 11.7. The fourth-order valence-electron chi connectivity index (χ4n) is 9.71. The van der Waals surface area contributed by atoms with E-state index in [1.165, 1.54) is 19.1 Å². The molecule has 5 aliphatic rings. The number of allylic oxidation sites excluding steroid dienone is 4. The Hall–Kier alpha value is -3.48. The van der Waals surface area contributed by atoms with Crippen molar-refractivity contribution in [3.8, 4) is 12.8 Å². The molecule has 7 nitrogen and oxygen atoms in total. The molecule has 1 heterocycles. The van der Waals surface area contributed by atoms with Crippen LogP contribution in [-0.4, -0.2) is 77.5 Å². The molecule has 1 unspecified atom stereocenters. The molecule has 6 rings (SSSR count). The van der Waals surface area contributed by atoms with Crippen LogP contribution in [0.4, 0.5) is 8.78 Å². The van der Waals surface area contributed by atoms with Gasteiger partial charge in [0.25, 0.3) is 0 Å². The zero-order valence-electron chi connectivity index (χ0n) is 25.3. The quantitative estimate of drug-likeness (QED) is 0.295. The van der Waals surface area contributed by atoms with Crippen LogP contribution in [0.3, 0.4) is 0 Å². The average molecular weight is 608 g/mol. The summed E-state index contributed by atoms with van der Waals surface area (Å²) in [6.07, 6.45) is 8.85. The van der Waals surface area contributed by atoms with Crippen molar-refractivity contribution in [2.24, 2.45) is 34.0 Å². The molecule has 0 amide bonds. The van der Waals surface area contributed by atoms with Gasteiger partial charge in [-0.3, -0.25) is 24.1 Å². The summed E-state index contributed by atoms with van der Waals surface area (Å²) < 4.78 is 38.6. The molecule has 4 aliphatic carbocycles. The summed E-state index contributed by atoms with van der Waals surface area (Å²) in [7, 11) is 0. The van der Waals surface area contributed by atoms with E-state index in [1.807, 2.05) is 17.9 Å². The first-order chi connectivity index (χ1) is 20.8. The fourth-order valence-corrected chi connectivity index (χ4v) is 9.71. The van der Waals surface area contributed by atoms with Gasteiger partial charge < -0.3 is 9.84 Å². The van der Waals surface area contributed by atoms with E-state index in [4.69, 9.17) is 4.74 Å². The Kier molecular flexibility index (Phi) is 8.09. The van der Waals surface area contributed by atoms with E-state index >= 15 is 8.78 Å². The van der Waals surface area contributed by atoms with Crippen LogP contribution in [0.1, 0.15) is 50.4 Å². The molecule has 1 N–H and O–H groups in total. The maximum atomic E-state index is 17.6. The van der Waals surface area contributed by atoms with Crippen molar-refractivity contribution in [1.29, 1.82) is 0 Å². The number of ether oxygens (including phenoxy) is 1. The predicted octanol–water partition coefficient (Wildman–Crippen LogP) is 4.10. The lowest BCUT2D eigenvalue weighted by atomic mass is 9.43. The monoisotopic (exact) mass is 607 g/mol. The highest BCUT2D eigenvalue weighted by Gasteiger charge is 2.78. The van der Waals surface area contributed by atoms with Gasteiger partial charge in [0.2, 0.25) is 0 Å². The number of carbonyl (C=O) groups excluding carboxylic acids is 4. The molecule has 1 aromatic carbocycles.